The Balaban J connectivity index is 2.51. The lowest BCUT2D eigenvalue weighted by atomic mass is 10.2. The number of rotatable bonds is 4. The molecule has 106 valence electrons. The summed E-state index contributed by atoms with van der Waals surface area (Å²) in [7, 11) is -3.89. The number of benzene rings is 1. The highest BCUT2D eigenvalue weighted by Crippen LogP contribution is 2.29. The van der Waals surface area contributed by atoms with E-state index >= 15 is 0 Å². The topological polar surface area (TPSA) is 115 Å². The molecular weight excluding hydrogens is 302 g/mol. The van der Waals surface area contributed by atoms with Crippen LogP contribution in [0.15, 0.2) is 33.9 Å². The van der Waals surface area contributed by atoms with Crippen LogP contribution in [0.3, 0.4) is 0 Å². The first-order chi connectivity index (χ1) is 9.31. The summed E-state index contributed by atoms with van der Waals surface area (Å²) in [4.78, 5) is 9.97. The molecule has 0 fully saturated rings. The summed E-state index contributed by atoms with van der Waals surface area (Å²) in [5.41, 5.74) is 5.77. The number of nitrogens with one attached hydrogen (secondary N) is 1. The second-order valence-electron chi connectivity index (χ2n) is 4.05. The molecule has 0 atom stereocenters. The predicted octanol–water partition coefficient (Wildman–Crippen LogP) is 2.35. The quantitative estimate of drug-likeness (QED) is 0.510. The molecular formula is C11H11N3O4S2. The first-order valence-corrected chi connectivity index (χ1v) is 7.83. The Labute approximate surface area is 119 Å². The van der Waals surface area contributed by atoms with E-state index in [1.165, 1.54) is 24.3 Å². The van der Waals surface area contributed by atoms with E-state index in [1.807, 2.05) is 0 Å². The number of nitrogens with two attached hydrogens (primary N) is 1. The molecule has 3 N–H and O–H groups in total. The molecule has 0 radical (unpaired) electrons. The van der Waals surface area contributed by atoms with Crippen LogP contribution in [-0.4, -0.2) is 13.3 Å². The number of thiophene rings is 1. The Morgan fingerprint density at radius 3 is 2.65 bits per heavy atom. The Morgan fingerprint density at radius 2 is 2.10 bits per heavy atom. The van der Waals surface area contributed by atoms with E-state index in [0.717, 1.165) is 6.07 Å². The van der Waals surface area contributed by atoms with Gasteiger partial charge in [0.1, 0.15) is 5.69 Å². The number of anilines is 2. The second-order valence-corrected chi connectivity index (χ2v) is 6.48. The molecule has 0 aliphatic carbocycles. The minimum atomic E-state index is -3.89. The van der Waals surface area contributed by atoms with Crippen LogP contribution in [0.25, 0.3) is 0 Å². The van der Waals surface area contributed by atoms with E-state index in [1.54, 1.807) is 16.8 Å². The maximum Gasteiger partial charge on any atom is 0.293 e. The summed E-state index contributed by atoms with van der Waals surface area (Å²) in [5, 5.41) is 14.2. The second kappa shape index (κ2) is 5.10. The Morgan fingerprint density at radius 1 is 1.40 bits per heavy atom. The van der Waals surface area contributed by atoms with Crippen molar-refractivity contribution in [2.24, 2.45) is 0 Å². The zero-order chi connectivity index (χ0) is 14.9. The molecule has 1 aromatic heterocycles. The van der Waals surface area contributed by atoms with Gasteiger partial charge in [0.05, 0.1) is 15.5 Å². The molecule has 7 nitrogen and oxygen atoms in total. The van der Waals surface area contributed by atoms with Gasteiger partial charge >= 0.3 is 0 Å². The number of nitrogen functional groups attached to an aromatic ring is 1. The largest absolute Gasteiger partial charge is 0.393 e. The number of hydrogen-bond donors (Lipinski definition) is 2. The van der Waals surface area contributed by atoms with Gasteiger partial charge in [-0.15, -0.1) is 0 Å². The molecule has 0 unspecified atom stereocenters. The van der Waals surface area contributed by atoms with Crippen LogP contribution in [0.4, 0.5) is 17.1 Å². The zero-order valence-electron chi connectivity index (χ0n) is 10.4. The minimum absolute atomic E-state index is 0.0676. The average molecular weight is 313 g/mol. The van der Waals surface area contributed by atoms with Gasteiger partial charge in [0.15, 0.2) is 0 Å². The summed E-state index contributed by atoms with van der Waals surface area (Å²) in [6, 6.07) is 3.85. The molecule has 1 heterocycles. The first-order valence-electron chi connectivity index (χ1n) is 5.41. The molecule has 0 aliphatic rings. The molecule has 0 bridgehead atoms. The summed E-state index contributed by atoms with van der Waals surface area (Å²) < 4.78 is 26.8. The van der Waals surface area contributed by atoms with E-state index in [-0.39, 0.29) is 10.6 Å². The highest BCUT2D eigenvalue weighted by molar-refractivity contribution is 7.92. The highest BCUT2D eigenvalue weighted by Gasteiger charge is 2.23. The molecule has 0 aliphatic heterocycles. The van der Waals surface area contributed by atoms with E-state index < -0.39 is 20.6 Å². The number of sulfonamides is 1. The summed E-state index contributed by atoms with van der Waals surface area (Å²) in [5.74, 6) is 0. The summed E-state index contributed by atoms with van der Waals surface area (Å²) in [6.45, 7) is 1.53. The third-order valence-corrected chi connectivity index (χ3v) is 4.79. The lowest BCUT2D eigenvalue weighted by molar-refractivity contribution is -0.384. The van der Waals surface area contributed by atoms with Crippen molar-refractivity contribution in [2.45, 2.75) is 11.8 Å². The van der Waals surface area contributed by atoms with E-state index in [9.17, 15) is 18.5 Å². The van der Waals surface area contributed by atoms with Crippen LogP contribution < -0.4 is 10.5 Å². The number of aryl methyl sites for hydroxylation is 1. The van der Waals surface area contributed by atoms with Gasteiger partial charge in [-0.3, -0.25) is 14.8 Å². The fraction of sp³-hybridized carbons (Fsp3) is 0.0909. The maximum atomic E-state index is 12.2. The van der Waals surface area contributed by atoms with Crippen LogP contribution in [0.1, 0.15) is 5.56 Å². The zero-order valence-corrected chi connectivity index (χ0v) is 12.0. The smallest absolute Gasteiger partial charge is 0.293 e. The van der Waals surface area contributed by atoms with E-state index in [0.29, 0.717) is 11.3 Å². The molecule has 1 aromatic carbocycles. The lowest BCUT2D eigenvalue weighted by Crippen LogP contribution is -2.14. The highest BCUT2D eigenvalue weighted by atomic mass is 32.2. The maximum absolute atomic E-state index is 12.2. The number of nitro benzene ring substituents is 1. The SMILES string of the molecule is Cc1cc(N)c([N+](=O)[O-])cc1S(=O)(=O)Nc1ccsc1. The van der Waals surface area contributed by atoms with Crippen LogP contribution >= 0.6 is 11.3 Å². The van der Waals surface area contributed by atoms with Crippen LogP contribution in [0.2, 0.25) is 0 Å². The standard InChI is InChI=1S/C11H11N3O4S2/c1-7-4-9(12)10(14(15)16)5-11(7)20(17,18)13-8-2-3-19-6-8/h2-6,13H,12H2,1H3. The van der Waals surface area contributed by atoms with Crippen molar-refractivity contribution >= 4 is 38.4 Å². The number of nitrogens with zero attached hydrogens (tertiary/aromatic N) is 1. The molecule has 0 amide bonds. The Hall–Kier alpha value is -2.13. The fourth-order valence-corrected chi connectivity index (χ4v) is 3.64. The Bertz CT molecular complexity index is 754. The van der Waals surface area contributed by atoms with Gasteiger partial charge in [-0.2, -0.15) is 11.3 Å². The van der Waals surface area contributed by atoms with Crippen molar-refractivity contribution in [1.82, 2.24) is 0 Å². The van der Waals surface area contributed by atoms with Gasteiger partial charge in [-0.25, -0.2) is 8.42 Å². The van der Waals surface area contributed by atoms with Crippen molar-refractivity contribution in [3.63, 3.8) is 0 Å². The molecule has 20 heavy (non-hydrogen) atoms. The number of hydrogen-bond acceptors (Lipinski definition) is 6. The molecule has 0 saturated heterocycles. The number of nitro groups is 1. The summed E-state index contributed by atoms with van der Waals surface area (Å²) in [6.07, 6.45) is 0. The van der Waals surface area contributed by atoms with Crippen molar-refractivity contribution in [1.29, 1.82) is 0 Å². The molecule has 2 aromatic rings. The monoisotopic (exact) mass is 313 g/mol. The van der Waals surface area contributed by atoms with Crippen LogP contribution in [-0.2, 0) is 10.0 Å². The van der Waals surface area contributed by atoms with E-state index in [2.05, 4.69) is 4.72 Å². The van der Waals surface area contributed by atoms with Gasteiger partial charge in [-0.1, -0.05) is 0 Å². The van der Waals surface area contributed by atoms with Gasteiger partial charge < -0.3 is 5.73 Å². The third kappa shape index (κ3) is 2.73. The van der Waals surface area contributed by atoms with Gasteiger partial charge in [0.25, 0.3) is 15.7 Å². The van der Waals surface area contributed by atoms with Crippen molar-refractivity contribution < 1.29 is 13.3 Å². The molecule has 9 heteroatoms. The molecule has 0 spiro atoms. The fourth-order valence-electron chi connectivity index (χ4n) is 1.68. The normalized spacial score (nSPS) is 11.2. The van der Waals surface area contributed by atoms with Crippen LogP contribution in [0.5, 0.6) is 0 Å². The Kier molecular flexibility index (Phi) is 3.64. The first kappa shape index (κ1) is 14.3. The van der Waals surface area contributed by atoms with Crippen molar-refractivity contribution in [3.05, 3.63) is 44.6 Å². The van der Waals surface area contributed by atoms with E-state index in [4.69, 9.17) is 5.73 Å². The van der Waals surface area contributed by atoms with Crippen LogP contribution in [0, 0.1) is 17.0 Å². The van der Waals surface area contributed by atoms with Crippen molar-refractivity contribution in [2.75, 3.05) is 10.5 Å². The molecule has 2 rings (SSSR count). The van der Waals surface area contributed by atoms with Gasteiger partial charge in [0, 0.05) is 11.4 Å². The van der Waals surface area contributed by atoms with Gasteiger partial charge in [0.2, 0.25) is 0 Å². The third-order valence-electron chi connectivity index (χ3n) is 2.58. The predicted molar refractivity (Wildman–Crippen MR) is 77.4 cm³/mol. The average Bonchev–Trinajstić information content (AvgIpc) is 2.79. The van der Waals surface area contributed by atoms with Crippen molar-refractivity contribution in [3.8, 4) is 0 Å². The minimum Gasteiger partial charge on any atom is -0.393 e. The lowest BCUT2D eigenvalue weighted by Gasteiger charge is -2.10. The van der Waals surface area contributed by atoms with Gasteiger partial charge in [-0.05, 0) is 30.0 Å². The summed E-state index contributed by atoms with van der Waals surface area (Å²) >= 11 is 1.33. The molecule has 0 saturated carbocycles.